The molecule has 2 heterocycles. The van der Waals surface area contributed by atoms with Crippen molar-refractivity contribution in [1.82, 2.24) is 20.0 Å². The third-order valence-electron chi connectivity index (χ3n) is 3.28. The van der Waals surface area contributed by atoms with Gasteiger partial charge in [0.05, 0.1) is 15.7 Å². The minimum Gasteiger partial charge on any atom is -0.342 e. The van der Waals surface area contributed by atoms with Gasteiger partial charge in [0.2, 0.25) is 0 Å². The van der Waals surface area contributed by atoms with E-state index in [0.717, 1.165) is 22.6 Å². The standard InChI is InChI=1S/C15H13Cl2N5/c1-18-8-12-15(20-21-19-12)13-6-3-7-22(13)9-10-4-2-5-11(16)14(10)17/h2-8H,9H2,1H3,(H,19,20,21)/b18-8+. The van der Waals surface area contributed by atoms with Crippen molar-refractivity contribution in [3.8, 4) is 11.4 Å². The van der Waals surface area contributed by atoms with Crippen LogP contribution in [0.5, 0.6) is 0 Å². The van der Waals surface area contributed by atoms with Gasteiger partial charge in [-0.15, -0.1) is 5.10 Å². The van der Waals surface area contributed by atoms with E-state index < -0.39 is 0 Å². The summed E-state index contributed by atoms with van der Waals surface area (Å²) in [7, 11) is 1.70. The highest BCUT2D eigenvalue weighted by Crippen LogP contribution is 2.28. The van der Waals surface area contributed by atoms with Gasteiger partial charge < -0.3 is 4.57 Å². The molecule has 0 spiro atoms. The van der Waals surface area contributed by atoms with Gasteiger partial charge in [-0.05, 0) is 23.8 Å². The van der Waals surface area contributed by atoms with Crippen LogP contribution in [0.15, 0.2) is 41.5 Å². The predicted octanol–water partition coefficient (Wildman–Crippen LogP) is 3.68. The topological polar surface area (TPSA) is 58.9 Å². The van der Waals surface area contributed by atoms with Crippen molar-refractivity contribution < 1.29 is 0 Å². The summed E-state index contributed by atoms with van der Waals surface area (Å²) in [5.74, 6) is 0. The molecule has 0 fully saturated rings. The fourth-order valence-corrected chi connectivity index (χ4v) is 2.64. The number of hydrogen-bond donors (Lipinski definition) is 1. The smallest absolute Gasteiger partial charge is 0.138 e. The Hall–Kier alpha value is -2.11. The molecule has 0 bridgehead atoms. The predicted molar refractivity (Wildman–Crippen MR) is 88.9 cm³/mol. The Morgan fingerprint density at radius 1 is 1.27 bits per heavy atom. The molecule has 2 aromatic heterocycles. The lowest BCUT2D eigenvalue weighted by Gasteiger charge is -2.10. The van der Waals surface area contributed by atoms with Crippen LogP contribution in [0.1, 0.15) is 11.3 Å². The zero-order chi connectivity index (χ0) is 15.5. The number of nitrogens with zero attached hydrogens (tertiary/aromatic N) is 4. The molecule has 22 heavy (non-hydrogen) atoms. The number of H-pyrrole nitrogens is 1. The average molecular weight is 334 g/mol. The zero-order valence-corrected chi connectivity index (χ0v) is 13.3. The number of hydrogen-bond acceptors (Lipinski definition) is 3. The van der Waals surface area contributed by atoms with E-state index >= 15 is 0 Å². The minimum absolute atomic E-state index is 0.549. The number of aromatic nitrogens is 4. The molecule has 3 aromatic rings. The first kappa shape index (κ1) is 14.8. The van der Waals surface area contributed by atoms with Crippen LogP contribution in [0.3, 0.4) is 0 Å². The van der Waals surface area contributed by atoms with Gasteiger partial charge in [0.1, 0.15) is 11.4 Å². The third-order valence-corrected chi connectivity index (χ3v) is 4.14. The van der Waals surface area contributed by atoms with Gasteiger partial charge in [-0.25, -0.2) is 0 Å². The minimum atomic E-state index is 0.549. The zero-order valence-electron chi connectivity index (χ0n) is 11.8. The van der Waals surface area contributed by atoms with Crippen LogP contribution >= 0.6 is 23.2 Å². The monoisotopic (exact) mass is 333 g/mol. The third kappa shape index (κ3) is 2.77. The van der Waals surface area contributed by atoms with Gasteiger partial charge >= 0.3 is 0 Å². The summed E-state index contributed by atoms with van der Waals surface area (Å²) in [4.78, 5) is 4.00. The van der Waals surface area contributed by atoms with Crippen LogP contribution in [-0.2, 0) is 6.54 Å². The van der Waals surface area contributed by atoms with Gasteiger partial charge in [-0.3, -0.25) is 10.1 Å². The summed E-state index contributed by atoms with van der Waals surface area (Å²) in [5.41, 5.74) is 3.38. The lowest BCUT2D eigenvalue weighted by Crippen LogP contribution is -2.02. The quantitative estimate of drug-likeness (QED) is 0.740. The highest BCUT2D eigenvalue weighted by Gasteiger charge is 2.13. The number of aromatic amines is 1. The Labute approximate surface area is 137 Å². The second-order valence-electron chi connectivity index (χ2n) is 4.70. The molecule has 0 aliphatic rings. The van der Waals surface area contributed by atoms with Crippen molar-refractivity contribution in [1.29, 1.82) is 0 Å². The SMILES string of the molecule is C/N=C/c1[nH]nnc1-c1cccn1Cc1cccc(Cl)c1Cl. The Balaban J connectivity index is 1.99. The molecule has 0 radical (unpaired) electrons. The van der Waals surface area contributed by atoms with E-state index in [4.69, 9.17) is 23.2 Å². The Bertz CT molecular complexity index is 819. The van der Waals surface area contributed by atoms with Crippen LogP contribution < -0.4 is 0 Å². The average Bonchev–Trinajstić information content (AvgIpc) is 3.13. The van der Waals surface area contributed by atoms with E-state index in [1.807, 2.05) is 35.0 Å². The van der Waals surface area contributed by atoms with Gasteiger partial charge in [0.25, 0.3) is 0 Å². The van der Waals surface area contributed by atoms with Gasteiger partial charge in [0.15, 0.2) is 0 Å². The van der Waals surface area contributed by atoms with Gasteiger partial charge in [-0.2, -0.15) is 0 Å². The summed E-state index contributed by atoms with van der Waals surface area (Å²) >= 11 is 12.3. The molecule has 3 rings (SSSR count). The van der Waals surface area contributed by atoms with Crippen molar-refractivity contribution in [3.05, 3.63) is 57.8 Å². The van der Waals surface area contributed by atoms with Crippen molar-refractivity contribution in [2.75, 3.05) is 7.05 Å². The first-order chi connectivity index (χ1) is 10.7. The summed E-state index contributed by atoms with van der Waals surface area (Å²) in [6, 6.07) is 9.54. The van der Waals surface area contributed by atoms with Gasteiger partial charge in [-0.1, -0.05) is 40.5 Å². The summed E-state index contributed by atoms with van der Waals surface area (Å²) in [5, 5.41) is 11.9. The maximum Gasteiger partial charge on any atom is 0.138 e. The van der Waals surface area contributed by atoms with E-state index in [1.54, 1.807) is 19.3 Å². The molecule has 7 heteroatoms. The first-order valence-corrected chi connectivity index (χ1v) is 7.38. The Kier molecular flexibility index (Phi) is 4.27. The van der Waals surface area contributed by atoms with E-state index in [0.29, 0.717) is 16.6 Å². The van der Waals surface area contributed by atoms with Crippen molar-refractivity contribution >= 4 is 29.4 Å². The summed E-state index contributed by atoms with van der Waals surface area (Å²) < 4.78 is 2.04. The first-order valence-electron chi connectivity index (χ1n) is 6.62. The molecule has 0 aliphatic carbocycles. The normalized spacial score (nSPS) is 11.4. The molecular weight excluding hydrogens is 321 g/mol. The summed E-state index contributed by atoms with van der Waals surface area (Å²) in [6.45, 7) is 0.595. The number of benzene rings is 1. The maximum atomic E-state index is 6.27. The Morgan fingerprint density at radius 3 is 2.95 bits per heavy atom. The molecule has 0 saturated carbocycles. The molecule has 0 atom stereocenters. The molecule has 1 aromatic carbocycles. The summed E-state index contributed by atoms with van der Waals surface area (Å²) in [6.07, 6.45) is 3.66. The number of rotatable bonds is 4. The molecule has 0 aliphatic heterocycles. The molecular formula is C15H13Cl2N5. The van der Waals surface area contributed by atoms with Crippen LogP contribution in [0.25, 0.3) is 11.4 Å². The van der Waals surface area contributed by atoms with Crippen LogP contribution in [0.2, 0.25) is 10.0 Å². The van der Waals surface area contributed by atoms with E-state index in [9.17, 15) is 0 Å². The molecule has 0 unspecified atom stereocenters. The number of halogens is 2. The van der Waals surface area contributed by atoms with Crippen molar-refractivity contribution in [2.45, 2.75) is 6.54 Å². The number of nitrogens with one attached hydrogen (secondary N) is 1. The van der Waals surface area contributed by atoms with Crippen LogP contribution in [0.4, 0.5) is 0 Å². The second-order valence-corrected chi connectivity index (χ2v) is 5.48. The van der Waals surface area contributed by atoms with Crippen molar-refractivity contribution in [3.63, 3.8) is 0 Å². The lowest BCUT2D eigenvalue weighted by atomic mass is 10.2. The molecule has 5 nitrogen and oxygen atoms in total. The number of aliphatic imine (C=N–C) groups is 1. The molecule has 0 saturated heterocycles. The molecule has 112 valence electrons. The second kappa shape index (κ2) is 6.34. The lowest BCUT2D eigenvalue weighted by molar-refractivity contribution is 0.810. The van der Waals surface area contributed by atoms with E-state index in [-0.39, 0.29) is 0 Å². The van der Waals surface area contributed by atoms with Crippen LogP contribution in [0, 0.1) is 0 Å². The highest BCUT2D eigenvalue weighted by molar-refractivity contribution is 6.42. The van der Waals surface area contributed by atoms with Crippen LogP contribution in [-0.4, -0.2) is 33.2 Å². The van der Waals surface area contributed by atoms with Gasteiger partial charge in [0, 0.05) is 26.0 Å². The van der Waals surface area contributed by atoms with E-state index in [1.165, 1.54) is 0 Å². The fraction of sp³-hybridized carbons (Fsp3) is 0.133. The largest absolute Gasteiger partial charge is 0.342 e. The fourth-order valence-electron chi connectivity index (χ4n) is 2.27. The van der Waals surface area contributed by atoms with E-state index in [2.05, 4.69) is 20.4 Å². The molecule has 0 amide bonds. The van der Waals surface area contributed by atoms with Crippen molar-refractivity contribution in [2.24, 2.45) is 4.99 Å². The molecule has 1 N–H and O–H groups in total. The Morgan fingerprint density at radius 2 is 2.14 bits per heavy atom. The highest BCUT2D eigenvalue weighted by atomic mass is 35.5. The maximum absolute atomic E-state index is 6.27.